The number of carbonyl (C=O) groups excluding carboxylic acids is 1. The number of anilines is 1. The lowest BCUT2D eigenvalue weighted by molar-refractivity contribution is -0.118. The number of nitrogens with zero attached hydrogens (tertiary/aromatic N) is 1. The summed E-state index contributed by atoms with van der Waals surface area (Å²) in [5.41, 5.74) is 2.32. The van der Waals surface area contributed by atoms with E-state index in [0.717, 1.165) is 12.0 Å². The highest BCUT2D eigenvalue weighted by Crippen LogP contribution is 2.16. The van der Waals surface area contributed by atoms with Crippen LogP contribution in [-0.2, 0) is 11.2 Å². The highest BCUT2D eigenvalue weighted by atomic mass is 16.1. The van der Waals surface area contributed by atoms with Crippen molar-refractivity contribution in [2.24, 2.45) is 5.92 Å². The van der Waals surface area contributed by atoms with Crippen molar-refractivity contribution in [2.75, 3.05) is 5.32 Å². The molecule has 0 aliphatic heterocycles. The number of rotatable bonds is 3. The summed E-state index contributed by atoms with van der Waals surface area (Å²) in [5, 5.41) is 11.7. The highest BCUT2D eigenvalue weighted by molar-refractivity contribution is 5.92. The Morgan fingerprint density at radius 3 is 2.69 bits per heavy atom. The average Bonchev–Trinajstić information content (AvgIpc) is 2.28. The Kier molecular flexibility index (Phi) is 4.07. The van der Waals surface area contributed by atoms with Crippen molar-refractivity contribution in [2.45, 2.75) is 27.2 Å². The Hall–Kier alpha value is -1.82. The summed E-state index contributed by atoms with van der Waals surface area (Å²) in [7, 11) is 0. The van der Waals surface area contributed by atoms with Gasteiger partial charge in [-0.3, -0.25) is 4.79 Å². The van der Waals surface area contributed by atoms with Crippen LogP contribution >= 0.6 is 0 Å². The molecule has 0 radical (unpaired) electrons. The first-order chi connectivity index (χ1) is 7.58. The number of aryl methyl sites for hydroxylation is 1. The van der Waals surface area contributed by atoms with E-state index in [0.29, 0.717) is 11.3 Å². The highest BCUT2D eigenvalue weighted by Gasteiger charge is 2.08. The number of nitrogens with one attached hydrogen (secondary N) is 1. The molecule has 0 saturated carbocycles. The molecule has 1 amide bonds. The van der Waals surface area contributed by atoms with Crippen LogP contribution in [-0.4, -0.2) is 5.91 Å². The molecule has 0 unspecified atom stereocenters. The lowest BCUT2D eigenvalue weighted by Gasteiger charge is -2.09. The van der Waals surface area contributed by atoms with E-state index in [-0.39, 0.29) is 11.8 Å². The zero-order chi connectivity index (χ0) is 12.1. The van der Waals surface area contributed by atoms with Crippen molar-refractivity contribution < 1.29 is 4.79 Å². The van der Waals surface area contributed by atoms with Gasteiger partial charge in [0.1, 0.15) is 0 Å². The second kappa shape index (κ2) is 5.32. The standard InChI is InChI=1S/C13H16N2O/c1-4-10-5-6-12(7-11(10)8-14)15-13(16)9(2)3/h5-7,9H,4H2,1-3H3,(H,15,16). The number of hydrogen-bond acceptors (Lipinski definition) is 2. The molecule has 0 saturated heterocycles. The van der Waals surface area contributed by atoms with Gasteiger partial charge >= 0.3 is 0 Å². The fourth-order valence-electron chi connectivity index (χ4n) is 1.35. The van der Waals surface area contributed by atoms with Gasteiger partial charge < -0.3 is 5.32 Å². The lowest BCUT2D eigenvalue weighted by atomic mass is 10.1. The van der Waals surface area contributed by atoms with Crippen molar-refractivity contribution in [3.63, 3.8) is 0 Å². The minimum absolute atomic E-state index is 0.0341. The van der Waals surface area contributed by atoms with Gasteiger partial charge in [-0.15, -0.1) is 0 Å². The Labute approximate surface area is 96.1 Å². The Bertz CT molecular complexity index is 430. The number of amides is 1. The van der Waals surface area contributed by atoms with Gasteiger partial charge in [0.15, 0.2) is 0 Å². The van der Waals surface area contributed by atoms with Crippen LogP contribution in [0.4, 0.5) is 5.69 Å². The third-order valence-electron chi connectivity index (χ3n) is 2.40. The van der Waals surface area contributed by atoms with E-state index >= 15 is 0 Å². The minimum atomic E-state index is -0.0589. The Balaban J connectivity index is 2.92. The normalized spacial score (nSPS) is 9.94. The molecule has 84 valence electrons. The smallest absolute Gasteiger partial charge is 0.226 e. The molecule has 3 nitrogen and oxygen atoms in total. The van der Waals surface area contributed by atoms with Crippen molar-refractivity contribution in [1.29, 1.82) is 5.26 Å². The van der Waals surface area contributed by atoms with E-state index in [4.69, 9.17) is 5.26 Å². The van der Waals surface area contributed by atoms with Gasteiger partial charge in [-0.1, -0.05) is 26.8 Å². The number of hydrogen-bond donors (Lipinski definition) is 1. The average molecular weight is 216 g/mol. The molecular formula is C13H16N2O. The van der Waals surface area contributed by atoms with E-state index in [1.165, 1.54) is 0 Å². The van der Waals surface area contributed by atoms with E-state index in [2.05, 4.69) is 11.4 Å². The zero-order valence-corrected chi connectivity index (χ0v) is 9.87. The van der Waals surface area contributed by atoms with Crippen LogP contribution in [0.3, 0.4) is 0 Å². The lowest BCUT2D eigenvalue weighted by Crippen LogP contribution is -2.17. The van der Waals surface area contributed by atoms with Crippen molar-refractivity contribution >= 4 is 11.6 Å². The molecule has 0 aliphatic rings. The first-order valence-corrected chi connectivity index (χ1v) is 5.42. The van der Waals surface area contributed by atoms with Crippen LogP contribution in [0, 0.1) is 17.2 Å². The maximum absolute atomic E-state index is 11.5. The fraction of sp³-hybridized carbons (Fsp3) is 0.385. The molecule has 1 aromatic carbocycles. The van der Waals surface area contributed by atoms with Gasteiger partial charge in [-0.05, 0) is 24.1 Å². The summed E-state index contributed by atoms with van der Waals surface area (Å²) < 4.78 is 0. The summed E-state index contributed by atoms with van der Waals surface area (Å²) >= 11 is 0. The molecule has 0 spiro atoms. The van der Waals surface area contributed by atoms with Crippen LogP contribution in [0.1, 0.15) is 31.9 Å². The van der Waals surface area contributed by atoms with E-state index in [1.807, 2.05) is 32.9 Å². The molecule has 1 aromatic rings. The Morgan fingerprint density at radius 1 is 1.50 bits per heavy atom. The van der Waals surface area contributed by atoms with Gasteiger partial charge in [-0.25, -0.2) is 0 Å². The molecule has 0 aliphatic carbocycles. The van der Waals surface area contributed by atoms with Crippen LogP contribution in [0.15, 0.2) is 18.2 Å². The zero-order valence-electron chi connectivity index (χ0n) is 9.87. The maximum atomic E-state index is 11.5. The van der Waals surface area contributed by atoms with Crippen molar-refractivity contribution in [1.82, 2.24) is 0 Å². The monoisotopic (exact) mass is 216 g/mol. The molecule has 16 heavy (non-hydrogen) atoms. The van der Waals surface area contributed by atoms with E-state index in [1.54, 1.807) is 6.07 Å². The van der Waals surface area contributed by atoms with Gasteiger partial charge in [0.2, 0.25) is 5.91 Å². The third kappa shape index (κ3) is 2.83. The maximum Gasteiger partial charge on any atom is 0.226 e. The fourth-order valence-corrected chi connectivity index (χ4v) is 1.35. The van der Waals surface area contributed by atoms with Crippen LogP contribution < -0.4 is 5.32 Å². The predicted octanol–water partition coefficient (Wildman–Crippen LogP) is 2.72. The van der Waals surface area contributed by atoms with Gasteiger partial charge in [0.25, 0.3) is 0 Å². The summed E-state index contributed by atoms with van der Waals surface area (Å²) in [6.45, 7) is 5.67. The molecular weight excluding hydrogens is 200 g/mol. The SMILES string of the molecule is CCc1ccc(NC(=O)C(C)C)cc1C#N. The predicted molar refractivity (Wildman–Crippen MR) is 64.0 cm³/mol. The second-order valence-electron chi connectivity index (χ2n) is 3.98. The topological polar surface area (TPSA) is 52.9 Å². The quantitative estimate of drug-likeness (QED) is 0.844. The molecule has 1 N–H and O–H groups in total. The molecule has 0 fully saturated rings. The summed E-state index contributed by atoms with van der Waals surface area (Å²) in [6.07, 6.45) is 0.821. The van der Waals surface area contributed by atoms with Crippen LogP contribution in [0.25, 0.3) is 0 Å². The van der Waals surface area contributed by atoms with Gasteiger partial charge in [-0.2, -0.15) is 5.26 Å². The van der Waals surface area contributed by atoms with E-state index < -0.39 is 0 Å². The molecule has 0 atom stereocenters. The second-order valence-corrected chi connectivity index (χ2v) is 3.98. The first-order valence-electron chi connectivity index (χ1n) is 5.42. The summed E-state index contributed by atoms with van der Waals surface area (Å²) in [4.78, 5) is 11.5. The minimum Gasteiger partial charge on any atom is -0.326 e. The van der Waals surface area contributed by atoms with Gasteiger partial charge in [0, 0.05) is 11.6 Å². The van der Waals surface area contributed by atoms with Gasteiger partial charge in [0.05, 0.1) is 11.6 Å². The van der Waals surface area contributed by atoms with E-state index in [9.17, 15) is 4.79 Å². The molecule has 1 rings (SSSR count). The first kappa shape index (κ1) is 12.3. The van der Waals surface area contributed by atoms with Crippen LogP contribution in [0.2, 0.25) is 0 Å². The number of carbonyl (C=O) groups is 1. The number of nitriles is 1. The third-order valence-corrected chi connectivity index (χ3v) is 2.40. The molecule has 0 heterocycles. The summed E-state index contributed by atoms with van der Waals surface area (Å²) in [6, 6.07) is 7.58. The molecule has 0 aromatic heterocycles. The van der Waals surface area contributed by atoms with Crippen LogP contribution in [0.5, 0.6) is 0 Å². The molecule has 0 bridgehead atoms. The largest absolute Gasteiger partial charge is 0.326 e. The Morgan fingerprint density at radius 2 is 2.19 bits per heavy atom. The van der Waals surface area contributed by atoms with Crippen molar-refractivity contribution in [3.05, 3.63) is 29.3 Å². The van der Waals surface area contributed by atoms with Crippen molar-refractivity contribution in [3.8, 4) is 6.07 Å². The number of benzene rings is 1. The summed E-state index contributed by atoms with van der Waals surface area (Å²) in [5.74, 6) is -0.0930. The molecule has 3 heteroatoms.